The summed E-state index contributed by atoms with van der Waals surface area (Å²) < 4.78 is 0. The van der Waals surface area contributed by atoms with Crippen LogP contribution in [0.15, 0.2) is 0 Å². The molecule has 0 unspecified atom stereocenters. The number of likely N-dealkylation sites (tertiary alicyclic amines) is 1. The van der Waals surface area contributed by atoms with Crippen molar-refractivity contribution in [3.8, 4) is 0 Å². The third kappa shape index (κ3) is 2.92. The van der Waals surface area contributed by atoms with Crippen LogP contribution in [-0.4, -0.2) is 54.5 Å². The highest BCUT2D eigenvalue weighted by molar-refractivity contribution is 5.78. The molecule has 0 bridgehead atoms. The number of carbonyl (C=O) groups is 1. The minimum atomic E-state index is 0.299. The molecule has 0 aromatic heterocycles. The molecular weight excluding hydrogens is 190 g/mol. The predicted molar refractivity (Wildman–Crippen MR) is 59.5 cm³/mol. The summed E-state index contributed by atoms with van der Waals surface area (Å²) in [6.07, 6.45) is 4.83. The summed E-state index contributed by atoms with van der Waals surface area (Å²) in [6.45, 7) is 4.02. The van der Waals surface area contributed by atoms with E-state index in [1.165, 1.54) is 25.7 Å². The van der Waals surface area contributed by atoms with Gasteiger partial charge in [0.25, 0.3) is 0 Å². The molecule has 4 heteroatoms. The van der Waals surface area contributed by atoms with Crippen molar-refractivity contribution in [2.75, 3.05) is 32.7 Å². The Morgan fingerprint density at radius 2 is 2.00 bits per heavy atom. The molecule has 86 valence electrons. The van der Waals surface area contributed by atoms with Crippen LogP contribution in [0.25, 0.3) is 0 Å². The first kappa shape index (κ1) is 10.9. The molecule has 1 saturated carbocycles. The van der Waals surface area contributed by atoms with Gasteiger partial charge in [-0.15, -0.1) is 0 Å². The van der Waals surface area contributed by atoms with E-state index >= 15 is 0 Å². The number of nitrogens with zero attached hydrogens (tertiary/aromatic N) is 2. The van der Waals surface area contributed by atoms with Gasteiger partial charge >= 0.3 is 0 Å². The Kier molecular flexibility index (Phi) is 3.59. The van der Waals surface area contributed by atoms with Crippen molar-refractivity contribution in [1.29, 1.82) is 0 Å². The van der Waals surface area contributed by atoms with Crippen LogP contribution in [0.3, 0.4) is 0 Å². The second kappa shape index (κ2) is 4.94. The summed E-state index contributed by atoms with van der Waals surface area (Å²) in [5, 5.41) is 0. The highest BCUT2D eigenvalue weighted by Crippen LogP contribution is 2.26. The van der Waals surface area contributed by atoms with Crippen molar-refractivity contribution < 1.29 is 4.79 Å². The summed E-state index contributed by atoms with van der Waals surface area (Å²) in [4.78, 5) is 16.1. The molecule has 4 nitrogen and oxygen atoms in total. The van der Waals surface area contributed by atoms with E-state index in [0.717, 1.165) is 19.6 Å². The average molecular weight is 211 g/mol. The lowest BCUT2D eigenvalue weighted by atomic mass is 10.4. The number of rotatable bonds is 5. The van der Waals surface area contributed by atoms with Crippen LogP contribution in [-0.2, 0) is 4.79 Å². The van der Waals surface area contributed by atoms with E-state index in [4.69, 9.17) is 5.73 Å². The maximum atomic E-state index is 11.9. The van der Waals surface area contributed by atoms with Gasteiger partial charge in [0.05, 0.1) is 6.54 Å². The van der Waals surface area contributed by atoms with Gasteiger partial charge in [-0.25, -0.2) is 0 Å². The van der Waals surface area contributed by atoms with Crippen molar-refractivity contribution in [3.05, 3.63) is 0 Å². The Balaban J connectivity index is 1.79. The van der Waals surface area contributed by atoms with Gasteiger partial charge in [-0.1, -0.05) is 0 Å². The number of hydrogen-bond acceptors (Lipinski definition) is 3. The molecular formula is C11H21N3O. The van der Waals surface area contributed by atoms with Gasteiger partial charge in [0, 0.05) is 32.2 Å². The molecule has 1 saturated heterocycles. The number of nitrogens with two attached hydrogens (primary N) is 1. The molecule has 0 spiro atoms. The number of carbonyl (C=O) groups excluding carboxylic acids is 1. The Hall–Kier alpha value is -0.610. The summed E-state index contributed by atoms with van der Waals surface area (Å²) in [7, 11) is 0. The molecule has 1 aliphatic heterocycles. The fourth-order valence-electron chi connectivity index (χ4n) is 2.24. The highest BCUT2D eigenvalue weighted by atomic mass is 16.2. The standard InChI is InChI=1S/C11H21N3O/c12-5-8-14(10-3-4-10)9-11(15)13-6-1-2-7-13/h10H,1-9,12H2. The van der Waals surface area contributed by atoms with Crippen molar-refractivity contribution in [2.24, 2.45) is 5.73 Å². The Bertz CT molecular complexity index is 222. The van der Waals surface area contributed by atoms with Gasteiger partial charge in [-0.2, -0.15) is 0 Å². The van der Waals surface area contributed by atoms with Gasteiger partial charge in [-0.3, -0.25) is 9.69 Å². The first-order chi connectivity index (χ1) is 7.31. The van der Waals surface area contributed by atoms with Gasteiger partial charge < -0.3 is 10.6 Å². The molecule has 2 fully saturated rings. The second-order valence-electron chi connectivity index (χ2n) is 4.58. The topological polar surface area (TPSA) is 49.6 Å². The lowest BCUT2D eigenvalue weighted by Crippen LogP contribution is -2.41. The molecule has 0 atom stereocenters. The van der Waals surface area contributed by atoms with Crippen LogP contribution in [0.5, 0.6) is 0 Å². The smallest absolute Gasteiger partial charge is 0.236 e. The average Bonchev–Trinajstić information content (AvgIpc) is 2.92. The van der Waals surface area contributed by atoms with Crippen molar-refractivity contribution in [3.63, 3.8) is 0 Å². The fourth-order valence-corrected chi connectivity index (χ4v) is 2.24. The Morgan fingerprint density at radius 3 is 2.53 bits per heavy atom. The summed E-state index contributed by atoms with van der Waals surface area (Å²) in [6, 6.07) is 0.639. The van der Waals surface area contributed by atoms with Crippen molar-refractivity contribution in [1.82, 2.24) is 9.80 Å². The van der Waals surface area contributed by atoms with E-state index in [0.29, 0.717) is 25.0 Å². The van der Waals surface area contributed by atoms with Crippen LogP contribution >= 0.6 is 0 Å². The SMILES string of the molecule is NCCN(CC(=O)N1CCCC1)C1CC1. The van der Waals surface area contributed by atoms with Gasteiger partial charge in [-0.05, 0) is 25.7 Å². The van der Waals surface area contributed by atoms with E-state index in [2.05, 4.69) is 4.90 Å². The molecule has 1 heterocycles. The van der Waals surface area contributed by atoms with E-state index in [1.807, 2.05) is 4.90 Å². The zero-order valence-electron chi connectivity index (χ0n) is 9.32. The van der Waals surface area contributed by atoms with Crippen LogP contribution < -0.4 is 5.73 Å². The van der Waals surface area contributed by atoms with E-state index in [9.17, 15) is 4.79 Å². The third-order valence-electron chi connectivity index (χ3n) is 3.28. The highest BCUT2D eigenvalue weighted by Gasteiger charge is 2.31. The normalized spacial score (nSPS) is 21.3. The first-order valence-electron chi connectivity index (χ1n) is 6.03. The molecule has 0 aromatic carbocycles. The monoisotopic (exact) mass is 211 g/mol. The van der Waals surface area contributed by atoms with E-state index in [1.54, 1.807) is 0 Å². The van der Waals surface area contributed by atoms with Gasteiger partial charge in [0.15, 0.2) is 0 Å². The molecule has 0 radical (unpaired) electrons. The molecule has 15 heavy (non-hydrogen) atoms. The fraction of sp³-hybridized carbons (Fsp3) is 0.909. The van der Waals surface area contributed by atoms with Crippen LogP contribution in [0, 0.1) is 0 Å². The zero-order valence-corrected chi connectivity index (χ0v) is 9.32. The lowest BCUT2D eigenvalue weighted by molar-refractivity contribution is -0.131. The lowest BCUT2D eigenvalue weighted by Gasteiger charge is -2.23. The molecule has 1 aliphatic carbocycles. The third-order valence-corrected chi connectivity index (χ3v) is 3.28. The molecule has 1 amide bonds. The maximum absolute atomic E-state index is 11.9. The van der Waals surface area contributed by atoms with Crippen LogP contribution in [0.1, 0.15) is 25.7 Å². The van der Waals surface area contributed by atoms with E-state index in [-0.39, 0.29) is 0 Å². The number of amides is 1. The molecule has 2 aliphatic rings. The minimum Gasteiger partial charge on any atom is -0.342 e. The quantitative estimate of drug-likeness (QED) is 0.698. The molecule has 0 aromatic rings. The minimum absolute atomic E-state index is 0.299. The predicted octanol–water partition coefficient (Wildman–Crippen LogP) is 0.0319. The molecule has 2 N–H and O–H groups in total. The Labute approximate surface area is 91.4 Å². The number of hydrogen-bond donors (Lipinski definition) is 1. The summed E-state index contributed by atoms with van der Waals surface area (Å²) in [5.41, 5.74) is 5.56. The largest absolute Gasteiger partial charge is 0.342 e. The first-order valence-corrected chi connectivity index (χ1v) is 6.03. The van der Waals surface area contributed by atoms with E-state index < -0.39 is 0 Å². The zero-order chi connectivity index (χ0) is 10.7. The van der Waals surface area contributed by atoms with Crippen LogP contribution in [0.2, 0.25) is 0 Å². The van der Waals surface area contributed by atoms with Crippen molar-refractivity contribution >= 4 is 5.91 Å². The maximum Gasteiger partial charge on any atom is 0.236 e. The summed E-state index contributed by atoms with van der Waals surface area (Å²) in [5.74, 6) is 0.299. The second-order valence-corrected chi connectivity index (χ2v) is 4.58. The Morgan fingerprint density at radius 1 is 1.33 bits per heavy atom. The van der Waals surface area contributed by atoms with Gasteiger partial charge in [0.2, 0.25) is 5.91 Å². The van der Waals surface area contributed by atoms with Gasteiger partial charge in [0.1, 0.15) is 0 Å². The van der Waals surface area contributed by atoms with Crippen LogP contribution in [0.4, 0.5) is 0 Å². The van der Waals surface area contributed by atoms with Crippen molar-refractivity contribution in [2.45, 2.75) is 31.7 Å². The summed E-state index contributed by atoms with van der Waals surface area (Å²) >= 11 is 0. The molecule has 2 rings (SSSR count).